The van der Waals surface area contributed by atoms with E-state index in [4.69, 9.17) is 4.74 Å². The Morgan fingerprint density at radius 3 is 2.35 bits per heavy atom. The summed E-state index contributed by atoms with van der Waals surface area (Å²) in [6.45, 7) is 13.4. The standard InChI is InChI=1S/C16H30N4O2.HI/c1-6-17-14(18-7-2)19-12-13-8-10-20(11-9-13)15(21)22-16(3,4)5;/h8H,6-7,9-12H2,1-5H3,(H2,17,18,19);1H. The smallest absolute Gasteiger partial charge is 0.410 e. The molecule has 0 spiro atoms. The van der Waals surface area contributed by atoms with Crippen molar-refractivity contribution in [3.05, 3.63) is 11.6 Å². The number of carbonyl (C=O) groups is 1. The number of hydrogen-bond donors (Lipinski definition) is 2. The van der Waals surface area contributed by atoms with Gasteiger partial charge in [0.2, 0.25) is 0 Å². The Morgan fingerprint density at radius 1 is 1.30 bits per heavy atom. The Kier molecular flexibility index (Phi) is 10.3. The van der Waals surface area contributed by atoms with Crippen molar-refractivity contribution in [3.63, 3.8) is 0 Å². The first-order chi connectivity index (χ1) is 10.4. The summed E-state index contributed by atoms with van der Waals surface area (Å²) in [6.07, 6.45) is 2.67. The van der Waals surface area contributed by atoms with Crippen LogP contribution in [0.15, 0.2) is 16.6 Å². The van der Waals surface area contributed by atoms with Crippen molar-refractivity contribution >= 4 is 36.0 Å². The molecule has 23 heavy (non-hydrogen) atoms. The molecule has 1 heterocycles. The summed E-state index contributed by atoms with van der Waals surface area (Å²) in [5.74, 6) is 0.834. The van der Waals surface area contributed by atoms with Gasteiger partial charge in [-0.05, 0) is 46.6 Å². The Hall–Kier alpha value is -0.990. The average Bonchev–Trinajstić information content (AvgIpc) is 2.44. The molecule has 0 bridgehead atoms. The van der Waals surface area contributed by atoms with Gasteiger partial charge in [-0.15, -0.1) is 24.0 Å². The van der Waals surface area contributed by atoms with E-state index in [2.05, 4.69) is 21.7 Å². The van der Waals surface area contributed by atoms with Crippen molar-refractivity contribution in [2.24, 2.45) is 4.99 Å². The molecule has 0 aromatic carbocycles. The molecule has 6 nitrogen and oxygen atoms in total. The van der Waals surface area contributed by atoms with Gasteiger partial charge >= 0.3 is 6.09 Å². The van der Waals surface area contributed by atoms with E-state index < -0.39 is 5.60 Å². The third-order valence-electron chi connectivity index (χ3n) is 3.08. The number of nitrogens with zero attached hydrogens (tertiary/aromatic N) is 2. The summed E-state index contributed by atoms with van der Waals surface area (Å²) in [4.78, 5) is 18.3. The summed E-state index contributed by atoms with van der Waals surface area (Å²) in [6, 6.07) is 0. The lowest BCUT2D eigenvalue weighted by molar-refractivity contribution is 0.0266. The summed E-state index contributed by atoms with van der Waals surface area (Å²) in [5.41, 5.74) is 0.811. The maximum atomic E-state index is 12.0. The average molecular weight is 438 g/mol. The third kappa shape index (κ3) is 9.02. The molecule has 134 valence electrons. The van der Waals surface area contributed by atoms with Gasteiger partial charge in [0.05, 0.1) is 6.54 Å². The quantitative estimate of drug-likeness (QED) is 0.307. The second-order valence-electron chi connectivity index (χ2n) is 6.26. The lowest BCUT2D eigenvalue weighted by Crippen LogP contribution is -2.39. The number of rotatable bonds is 4. The summed E-state index contributed by atoms with van der Waals surface area (Å²) in [7, 11) is 0. The molecule has 0 unspecified atom stereocenters. The van der Waals surface area contributed by atoms with Crippen LogP contribution in [0.1, 0.15) is 41.0 Å². The molecule has 0 radical (unpaired) electrons. The maximum Gasteiger partial charge on any atom is 0.410 e. The summed E-state index contributed by atoms with van der Waals surface area (Å²) in [5, 5.41) is 6.41. The van der Waals surface area contributed by atoms with Gasteiger partial charge in [-0.2, -0.15) is 0 Å². The van der Waals surface area contributed by atoms with Crippen LogP contribution in [0.25, 0.3) is 0 Å². The van der Waals surface area contributed by atoms with E-state index in [1.54, 1.807) is 4.90 Å². The lowest BCUT2D eigenvalue weighted by atomic mass is 10.1. The molecule has 0 saturated heterocycles. The minimum atomic E-state index is -0.447. The monoisotopic (exact) mass is 438 g/mol. The molecule has 0 aliphatic carbocycles. The molecule has 1 aliphatic rings. The third-order valence-corrected chi connectivity index (χ3v) is 3.08. The van der Waals surface area contributed by atoms with E-state index in [-0.39, 0.29) is 30.1 Å². The SMILES string of the molecule is CCNC(=NCC1=CCN(C(=O)OC(C)(C)C)CC1)NCC.I. The van der Waals surface area contributed by atoms with Gasteiger partial charge in [0.25, 0.3) is 0 Å². The molecule has 0 saturated carbocycles. The molecule has 1 rings (SSSR count). The van der Waals surface area contributed by atoms with Crippen LogP contribution in [0.2, 0.25) is 0 Å². The molecule has 1 amide bonds. The van der Waals surface area contributed by atoms with E-state index in [1.165, 1.54) is 5.57 Å². The predicted molar refractivity (Wildman–Crippen MR) is 106 cm³/mol. The van der Waals surface area contributed by atoms with Crippen molar-refractivity contribution in [3.8, 4) is 0 Å². The fourth-order valence-electron chi connectivity index (χ4n) is 2.04. The highest BCUT2D eigenvalue weighted by atomic mass is 127. The van der Waals surface area contributed by atoms with Gasteiger partial charge in [0.1, 0.15) is 5.60 Å². The second-order valence-corrected chi connectivity index (χ2v) is 6.26. The van der Waals surface area contributed by atoms with E-state index in [0.29, 0.717) is 19.6 Å². The van der Waals surface area contributed by atoms with Gasteiger partial charge < -0.3 is 20.3 Å². The van der Waals surface area contributed by atoms with E-state index >= 15 is 0 Å². The number of nitrogens with one attached hydrogen (secondary N) is 2. The Balaban J connectivity index is 0.00000484. The zero-order chi connectivity index (χ0) is 16.6. The van der Waals surface area contributed by atoms with Gasteiger partial charge in [0, 0.05) is 26.2 Å². The first-order valence-electron chi connectivity index (χ1n) is 8.03. The van der Waals surface area contributed by atoms with Crippen LogP contribution in [-0.4, -0.2) is 55.3 Å². The molecule has 0 aromatic heterocycles. The second kappa shape index (κ2) is 10.7. The zero-order valence-corrected chi connectivity index (χ0v) is 17.3. The molecule has 1 aliphatic heterocycles. The highest BCUT2D eigenvalue weighted by Gasteiger charge is 2.23. The van der Waals surface area contributed by atoms with Crippen molar-refractivity contribution in [1.29, 1.82) is 0 Å². The number of hydrogen-bond acceptors (Lipinski definition) is 3. The minimum absolute atomic E-state index is 0. The maximum absolute atomic E-state index is 12.0. The van der Waals surface area contributed by atoms with Crippen molar-refractivity contribution < 1.29 is 9.53 Å². The van der Waals surface area contributed by atoms with Crippen LogP contribution in [0, 0.1) is 0 Å². The van der Waals surface area contributed by atoms with Crippen molar-refractivity contribution in [2.45, 2.75) is 46.6 Å². The first-order valence-corrected chi connectivity index (χ1v) is 8.03. The number of amides is 1. The number of ether oxygens (including phenoxy) is 1. The van der Waals surface area contributed by atoms with E-state index in [0.717, 1.165) is 25.5 Å². The topological polar surface area (TPSA) is 66.0 Å². The number of aliphatic imine (C=N–C) groups is 1. The summed E-state index contributed by atoms with van der Waals surface area (Å²) < 4.78 is 5.38. The number of guanidine groups is 1. The number of carbonyl (C=O) groups excluding carboxylic acids is 1. The van der Waals surface area contributed by atoms with E-state index in [9.17, 15) is 4.79 Å². The molecular formula is C16H31IN4O2. The molecule has 0 atom stereocenters. The Labute approximate surface area is 157 Å². The molecule has 2 N–H and O–H groups in total. The van der Waals surface area contributed by atoms with Crippen LogP contribution in [0.3, 0.4) is 0 Å². The Bertz CT molecular complexity index is 422. The molecule has 0 aromatic rings. The van der Waals surface area contributed by atoms with Gasteiger partial charge in [-0.3, -0.25) is 0 Å². The van der Waals surface area contributed by atoms with Gasteiger partial charge in [0.15, 0.2) is 5.96 Å². The lowest BCUT2D eigenvalue weighted by Gasteiger charge is -2.29. The Morgan fingerprint density at radius 2 is 1.91 bits per heavy atom. The molecular weight excluding hydrogens is 407 g/mol. The predicted octanol–water partition coefficient (Wildman–Crippen LogP) is 2.75. The van der Waals surface area contributed by atoms with Crippen LogP contribution in [0.4, 0.5) is 4.79 Å². The zero-order valence-electron chi connectivity index (χ0n) is 14.9. The molecule has 7 heteroatoms. The van der Waals surface area contributed by atoms with Crippen LogP contribution < -0.4 is 10.6 Å². The minimum Gasteiger partial charge on any atom is -0.444 e. The largest absolute Gasteiger partial charge is 0.444 e. The number of halogens is 1. The summed E-state index contributed by atoms with van der Waals surface area (Å²) >= 11 is 0. The van der Waals surface area contributed by atoms with Crippen LogP contribution >= 0.6 is 24.0 Å². The first kappa shape index (κ1) is 22.0. The highest BCUT2D eigenvalue weighted by molar-refractivity contribution is 14.0. The van der Waals surface area contributed by atoms with E-state index in [1.807, 2.05) is 34.6 Å². The van der Waals surface area contributed by atoms with Crippen molar-refractivity contribution in [1.82, 2.24) is 15.5 Å². The molecule has 0 fully saturated rings. The van der Waals surface area contributed by atoms with Crippen LogP contribution in [0.5, 0.6) is 0 Å². The fraction of sp³-hybridized carbons (Fsp3) is 0.750. The normalized spacial score (nSPS) is 14.3. The van der Waals surface area contributed by atoms with Crippen molar-refractivity contribution in [2.75, 3.05) is 32.7 Å². The highest BCUT2D eigenvalue weighted by Crippen LogP contribution is 2.15. The van der Waals surface area contributed by atoms with Gasteiger partial charge in [-0.1, -0.05) is 6.08 Å². The van der Waals surface area contributed by atoms with Crippen LogP contribution in [-0.2, 0) is 4.74 Å². The fourth-order valence-corrected chi connectivity index (χ4v) is 2.04. The van der Waals surface area contributed by atoms with Gasteiger partial charge in [-0.25, -0.2) is 9.79 Å².